The number of pyridine rings is 1. The van der Waals surface area contributed by atoms with Gasteiger partial charge in [0, 0.05) is 24.2 Å². The number of amides is 1. The number of nitrogens with one attached hydrogen (secondary N) is 1. The Morgan fingerprint density at radius 2 is 2.04 bits per heavy atom. The SMILES string of the molecule is Cc1cc(C(C)NC(=O)c2cnc3c(c2)c(C)nn3C)c(C)o1. The predicted molar refractivity (Wildman–Crippen MR) is 87.3 cm³/mol. The second-order valence-electron chi connectivity index (χ2n) is 5.87. The maximum atomic E-state index is 12.5. The normalized spacial score (nSPS) is 12.6. The van der Waals surface area contributed by atoms with Crippen LogP contribution in [-0.4, -0.2) is 20.7 Å². The Bertz CT molecular complexity index is 892. The van der Waals surface area contributed by atoms with E-state index in [2.05, 4.69) is 15.4 Å². The molecule has 0 spiro atoms. The zero-order valence-corrected chi connectivity index (χ0v) is 14.0. The van der Waals surface area contributed by atoms with Gasteiger partial charge in [0.15, 0.2) is 5.65 Å². The van der Waals surface area contributed by atoms with Crippen molar-refractivity contribution in [2.75, 3.05) is 0 Å². The molecular formula is C17H20N4O2. The number of furan rings is 1. The minimum Gasteiger partial charge on any atom is -0.466 e. The highest BCUT2D eigenvalue weighted by atomic mass is 16.3. The van der Waals surface area contributed by atoms with Crippen molar-refractivity contribution in [1.82, 2.24) is 20.1 Å². The van der Waals surface area contributed by atoms with Crippen LogP contribution < -0.4 is 5.32 Å². The summed E-state index contributed by atoms with van der Waals surface area (Å²) in [5.41, 5.74) is 3.15. The van der Waals surface area contributed by atoms with Crippen LogP contribution in [0.15, 0.2) is 22.7 Å². The Labute approximate surface area is 134 Å². The molecule has 120 valence electrons. The quantitative estimate of drug-likeness (QED) is 0.807. The summed E-state index contributed by atoms with van der Waals surface area (Å²) in [6.45, 7) is 7.65. The minimum absolute atomic E-state index is 0.134. The van der Waals surface area contributed by atoms with E-state index in [1.165, 1.54) is 0 Å². The molecule has 0 aliphatic heterocycles. The molecule has 1 amide bonds. The smallest absolute Gasteiger partial charge is 0.253 e. The Morgan fingerprint density at radius 1 is 1.30 bits per heavy atom. The third-order valence-electron chi connectivity index (χ3n) is 4.02. The lowest BCUT2D eigenvalue weighted by Crippen LogP contribution is -2.26. The first-order valence-corrected chi connectivity index (χ1v) is 7.54. The fourth-order valence-corrected chi connectivity index (χ4v) is 2.87. The molecule has 6 nitrogen and oxygen atoms in total. The Kier molecular flexibility index (Phi) is 3.67. The Balaban J connectivity index is 1.85. The molecule has 0 saturated heterocycles. The van der Waals surface area contributed by atoms with Gasteiger partial charge in [-0.15, -0.1) is 0 Å². The van der Waals surface area contributed by atoms with Crippen molar-refractivity contribution in [2.24, 2.45) is 7.05 Å². The molecule has 3 aromatic rings. The van der Waals surface area contributed by atoms with Crippen molar-refractivity contribution in [3.8, 4) is 0 Å². The summed E-state index contributed by atoms with van der Waals surface area (Å²) in [6.07, 6.45) is 1.58. The zero-order chi connectivity index (χ0) is 16.7. The molecule has 1 N–H and O–H groups in total. The van der Waals surface area contributed by atoms with E-state index < -0.39 is 0 Å². The molecular weight excluding hydrogens is 292 g/mol. The standard InChI is InChI=1S/C17H20N4O2/c1-9-6-14(12(4)23-9)10(2)19-17(22)13-7-15-11(3)20-21(5)16(15)18-8-13/h6-8,10H,1-5H3,(H,19,22). The van der Waals surface area contributed by atoms with Crippen molar-refractivity contribution in [2.45, 2.75) is 33.7 Å². The van der Waals surface area contributed by atoms with Gasteiger partial charge < -0.3 is 9.73 Å². The number of hydrogen-bond donors (Lipinski definition) is 1. The maximum Gasteiger partial charge on any atom is 0.253 e. The second-order valence-corrected chi connectivity index (χ2v) is 5.87. The Morgan fingerprint density at radius 3 is 2.70 bits per heavy atom. The molecule has 0 fully saturated rings. The van der Waals surface area contributed by atoms with E-state index in [0.717, 1.165) is 33.8 Å². The number of carbonyl (C=O) groups is 1. The number of carbonyl (C=O) groups excluding carboxylic acids is 1. The highest BCUT2D eigenvalue weighted by Crippen LogP contribution is 2.22. The highest BCUT2D eigenvalue weighted by molar-refractivity contribution is 5.97. The van der Waals surface area contributed by atoms with Crippen molar-refractivity contribution < 1.29 is 9.21 Å². The van der Waals surface area contributed by atoms with Crippen LogP contribution in [0.25, 0.3) is 11.0 Å². The van der Waals surface area contributed by atoms with Crippen LogP contribution in [0.2, 0.25) is 0 Å². The molecule has 0 bridgehead atoms. The summed E-state index contributed by atoms with van der Waals surface area (Å²) >= 11 is 0. The van der Waals surface area contributed by atoms with Crippen LogP contribution in [0.5, 0.6) is 0 Å². The summed E-state index contributed by atoms with van der Waals surface area (Å²) in [5.74, 6) is 1.51. The predicted octanol–water partition coefficient (Wildman–Crippen LogP) is 2.98. The monoisotopic (exact) mass is 312 g/mol. The first-order chi connectivity index (χ1) is 10.9. The average Bonchev–Trinajstić information content (AvgIpc) is 2.98. The number of nitrogens with zero attached hydrogens (tertiary/aromatic N) is 3. The highest BCUT2D eigenvalue weighted by Gasteiger charge is 2.17. The van der Waals surface area contributed by atoms with Gasteiger partial charge >= 0.3 is 0 Å². The summed E-state index contributed by atoms with van der Waals surface area (Å²) in [6, 6.07) is 3.65. The number of rotatable bonds is 3. The number of hydrogen-bond acceptors (Lipinski definition) is 4. The lowest BCUT2D eigenvalue weighted by molar-refractivity contribution is 0.0939. The molecule has 23 heavy (non-hydrogen) atoms. The molecule has 3 rings (SSSR count). The second kappa shape index (κ2) is 5.53. The van der Waals surface area contributed by atoms with Crippen LogP contribution in [0.3, 0.4) is 0 Å². The first-order valence-electron chi connectivity index (χ1n) is 7.54. The molecule has 0 radical (unpaired) electrons. The van der Waals surface area contributed by atoms with E-state index in [1.807, 2.05) is 46.9 Å². The van der Waals surface area contributed by atoms with Gasteiger partial charge in [0.05, 0.1) is 17.3 Å². The van der Waals surface area contributed by atoms with Crippen molar-refractivity contribution in [3.63, 3.8) is 0 Å². The van der Waals surface area contributed by atoms with Crippen LogP contribution in [0, 0.1) is 20.8 Å². The molecule has 3 heterocycles. The van der Waals surface area contributed by atoms with Gasteiger partial charge in [-0.2, -0.15) is 5.10 Å². The summed E-state index contributed by atoms with van der Waals surface area (Å²) in [7, 11) is 1.84. The van der Waals surface area contributed by atoms with Crippen LogP contribution in [0.1, 0.15) is 46.1 Å². The van der Waals surface area contributed by atoms with E-state index >= 15 is 0 Å². The third kappa shape index (κ3) is 2.72. The van der Waals surface area contributed by atoms with E-state index in [1.54, 1.807) is 10.9 Å². The third-order valence-corrected chi connectivity index (χ3v) is 4.02. The van der Waals surface area contributed by atoms with E-state index in [4.69, 9.17) is 4.42 Å². The molecule has 6 heteroatoms. The molecule has 3 aromatic heterocycles. The van der Waals surface area contributed by atoms with Crippen molar-refractivity contribution in [1.29, 1.82) is 0 Å². The number of fused-ring (bicyclic) bond motifs is 1. The average molecular weight is 312 g/mol. The zero-order valence-electron chi connectivity index (χ0n) is 14.0. The van der Waals surface area contributed by atoms with Gasteiger partial charge in [0.2, 0.25) is 0 Å². The molecule has 0 aliphatic carbocycles. The van der Waals surface area contributed by atoms with Crippen LogP contribution in [-0.2, 0) is 7.05 Å². The van der Waals surface area contributed by atoms with Crippen LogP contribution >= 0.6 is 0 Å². The molecule has 0 aliphatic rings. The lowest BCUT2D eigenvalue weighted by Gasteiger charge is -2.13. The fraction of sp³-hybridized carbons (Fsp3) is 0.353. The van der Waals surface area contributed by atoms with Gasteiger partial charge in [0.1, 0.15) is 11.5 Å². The van der Waals surface area contributed by atoms with E-state index in [9.17, 15) is 4.79 Å². The number of aromatic nitrogens is 3. The van der Waals surface area contributed by atoms with Crippen molar-refractivity contribution in [3.05, 3.63) is 46.7 Å². The van der Waals surface area contributed by atoms with E-state index in [-0.39, 0.29) is 11.9 Å². The minimum atomic E-state index is -0.159. The van der Waals surface area contributed by atoms with Gasteiger partial charge in [-0.3, -0.25) is 9.48 Å². The van der Waals surface area contributed by atoms with Crippen molar-refractivity contribution >= 4 is 16.9 Å². The lowest BCUT2D eigenvalue weighted by atomic mass is 10.1. The summed E-state index contributed by atoms with van der Waals surface area (Å²) in [4.78, 5) is 16.8. The molecule has 0 aromatic carbocycles. The van der Waals surface area contributed by atoms with E-state index in [0.29, 0.717) is 5.56 Å². The fourth-order valence-electron chi connectivity index (χ4n) is 2.87. The summed E-state index contributed by atoms with van der Waals surface area (Å²) in [5, 5.41) is 8.21. The van der Waals surface area contributed by atoms with Gasteiger partial charge in [-0.05, 0) is 39.8 Å². The first kappa shape index (κ1) is 15.3. The topological polar surface area (TPSA) is 73.0 Å². The molecule has 1 unspecified atom stereocenters. The van der Waals surface area contributed by atoms with Gasteiger partial charge in [0.25, 0.3) is 5.91 Å². The summed E-state index contributed by atoms with van der Waals surface area (Å²) < 4.78 is 7.24. The number of aryl methyl sites for hydroxylation is 4. The Hall–Kier alpha value is -2.63. The largest absolute Gasteiger partial charge is 0.466 e. The molecule has 0 saturated carbocycles. The van der Waals surface area contributed by atoms with Crippen LogP contribution in [0.4, 0.5) is 0 Å². The maximum absolute atomic E-state index is 12.5. The van der Waals surface area contributed by atoms with Gasteiger partial charge in [-0.1, -0.05) is 0 Å². The molecule has 1 atom stereocenters. The van der Waals surface area contributed by atoms with Gasteiger partial charge in [-0.25, -0.2) is 4.98 Å².